The van der Waals surface area contributed by atoms with Gasteiger partial charge in [0.15, 0.2) is 5.69 Å². The van der Waals surface area contributed by atoms with Crippen molar-refractivity contribution in [2.45, 2.75) is 13.8 Å². The molecule has 2 aromatic rings. The molecule has 8 heteroatoms. The first-order valence-corrected chi connectivity index (χ1v) is 6.00. The lowest BCUT2D eigenvalue weighted by atomic mass is 10.2. The second kappa shape index (κ2) is 5.61. The van der Waals surface area contributed by atoms with Crippen molar-refractivity contribution in [3.05, 3.63) is 45.3 Å². The van der Waals surface area contributed by atoms with E-state index in [0.29, 0.717) is 17.0 Å². The number of aryl methyl sites for hydroxylation is 1. The van der Waals surface area contributed by atoms with E-state index in [1.807, 2.05) is 0 Å². The molecule has 8 nitrogen and oxygen atoms in total. The Bertz CT molecular complexity index is 708. The van der Waals surface area contributed by atoms with Crippen molar-refractivity contribution in [1.29, 1.82) is 0 Å². The van der Waals surface area contributed by atoms with Crippen LogP contribution in [-0.2, 0) is 0 Å². The van der Waals surface area contributed by atoms with Crippen LogP contribution in [0.5, 0.6) is 5.75 Å². The summed E-state index contributed by atoms with van der Waals surface area (Å²) in [5.41, 5.74) is 0.979. The lowest BCUT2D eigenvalue weighted by Gasteiger charge is -2.09. The Labute approximate surface area is 119 Å². The van der Waals surface area contributed by atoms with Gasteiger partial charge in [-0.25, -0.2) is 0 Å². The molecule has 110 valence electrons. The molecule has 0 radical (unpaired) electrons. The van der Waals surface area contributed by atoms with Gasteiger partial charge in [-0.05, 0) is 19.9 Å². The molecule has 0 bridgehead atoms. The monoisotopic (exact) mass is 291 g/mol. The summed E-state index contributed by atoms with van der Waals surface area (Å²) in [6.45, 7) is 3.42. The Morgan fingerprint density at radius 3 is 2.67 bits per heavy atom. The molecule has 21 heavy (non-hydrogen) atoms. The van der Waals surface area contributed by atoms with Crippen molar-refractivity contribution in [2.24, 2.45) is 0 Å². The Morgan fingerprint density at radius 2 is 2.14 bits per heavy atom. The summed E-state index contributed by atoms with van der Waals surface area (Å²) in [7, 11) is 1.36. The van der Waals surface area contributed by atoms with E-state index in [4.69, 9.17) is 9.26 Å². The molecule has 0 aliphatic rings. The molecule has 2 rings (SSSR count). The number of rotatable bonds is 4. The fraction of sp³-hybridized carbons (Fsp3) is 0.231. The van der Waals surface area contributed by atoms with Crippen LogP contribution < -0.4 is 10.1 Å². The van der Waals surface area contributed by atoms with E-state index in [9.17, 15) is 14.9 Å². The number of hydrogen-bond donors (Lipinski definition) is 1. The first-order valence-electron chi connectivity index (χ1n) is 6.00. The average Bonchev–Trinajstić information content (AvgIpc) is 2.79. The highest BCUT2D eigenvalue weighted by molar-refractivity contribution is 6.04. The van der Waals surface area contributed by atoms with Gasteiger partial charge in [0.2, 0.25) is 0 Å². The second-order valence-corrected chi connectivity index (χ2v) is 4.31. The van der Waals surface area contributed by atoms with Crippen molar-refractivity contribution in [2.75, 3.05) is 12.4 Å². The van der Waals surface area contributed by atoms with Crippen molar-refractivity contribution >= 4 is 17.3 Å². The minimum absolute atomic E-state index is 0.127. The third-order valence-corrected chi connectivity index (χ3v) is 3.02. The van der Waals surface area contributed by atoms with Crippen LogP contribution in [0.4, 0.5) is 11.4 Å². The van der Waals surface area contributed by atoms with Crippen LogP contribution in [0.2, 0.25) is 0 Å². The number of benzene rings is 1. The molecule has 1 aromatic heterocycles. The van der Waals surface area contributed by atoms with Crippen LogP contribution in [0.1, 0.15) is 21.8 Å². The SMILES string of the molecule is COc1cc([N+](=O)[O-])ccc1NC(=O)c1noc(C)c1C. The van der Waals surface area contributed by atoms with E-state index in [0.717, 1.165) is 0 Å². The fourth-order valence-electron chi connectivity index (χ4n) is 1.71. The smallest absolute Gasteiger partial charge is 0.278 e. The van der Waals surface area contributed by atoms with Crippen LogP contribution in [0, 0.1) is 24.0 Å². The zero-order valence-electron chi connectivity index (χ0n) is 11.7. The van der Waals surface area contributed by atoms with E-state index in [-0.39, 0.29) is 17.1 Å². The number of nitrogens with one attached hydrogen (secondary N) is 1. The zero-order valence-corrected chi connectivity index (χ0v) is 11.7. The van der Waals surface area contributed by atoms with E-state index in [2.05, 4.69) is 10.5 Å². The van der Waals surface area contributed by atoms with Crippen molar-refractivity contribution in [1.82, 2.24) is 5.16 Å². The fourth-order valence-corrected chi connectivity index (χ4v) is 1.71. The minimum Gasteiger partial charge on any atom is -0.494 e. The van der Waals surface area contributed by atoms with Crippen molar-refractivity contribution in [3.8, 4) is 5.75 Å². The molecule has 0 saturated carbocycles. The van der Waals surface area contributed by atoms with Crippen LogP contribution in [0.3, 0.4) is 0 Å². The van der Waals surface area contributed by atoms with Gasteiger partial charge < -0.3 is 14.6 Å². The van der Waals surface area contributed by atoms with Crippen molar-refractivity contribution in [3.63, 3.8) is 0 Å². The molecule has 0 atom stereocenters. The lowest BCUT2D eigenvalue weighted by molar-refractivity contribution is -0.384. The summed E-state index contributed by atoms with van der Waals surface area (Å²) >= 11 is 0. The molecule has 0 spiro atoms. The predicted octanol–water partition coefficient (Wildman–Crippen LogP) is 2.46. The quantitative estimate of drug-likeness (QED) is 0.684. The maximum absolute atomic E-state index is 12.1. The molecular formula is C13H13N3O5. The third-order valence-electron chi connectivity index (χ3n) is 3.02. The molecule has 0 aliphatic heterocycles. The summed E-state index contributed by atoms with van der Waals surface area (Å²) in [5, 5.41) is 17.0. The predicted molar refractivity (Wildman–Crippen MR) is 73.6 cm³/mol. The molecular weight excluding hydrogens is 278 g/mol. The Hall–Kier alpha value is -2.90. The second-order valence-electron chi connectivity index (χ2n) is 4.31. The molecule has 1 amide bonds. The van der Waals surface area contributed by atoms with E-state index in [1.165, 1.54) is 25.3 Å². The van der Waals surface area contributed by atoms with Crippen molar-refractivity contribution < 1.29 is 19.0 Å². The molecule has 0 aliphatic carbocycles. The van der Waals surface area contributed by atoms with Gasteiger partial charge in [-0.15, -0.1) is 0 Å². The largest absolute Gasteiger partial charge is 0.494 e. The Balaban J connectivity index is 2.29. The van der Waals surface area contributed by atoms with Gasteiger partial charge in [0.1, 0.15) is 11.5 Å². The van der Waals surface area contributed by atoms with Crippen LogP contribution >= 0.6 is 0 Å². The molecule has 1 heterocycles. The molecule has 1 aromatic carbocycles. The molecule has 0 unspecified atom stereocenters. The summed E-state index contributed by atoms with van der Waals surface area (Å²) in [6.07, 6.45) is 0. The van der Waals surface area contributed by atoms with Gasteiger partial charge in [-0.2, -0.15) is 0 Å². The summed E-state index contributed by atoms with van der Waals surface area (Å²) < 4.78 is 9.98. The summed E-state index contributed by atoms with van der Waals surface area (Å²) in [6, 6.07) is 3.91. The van der Waals surface area contributed by atoms with E-state index >= 15 is 0 Å². The van der Waals surface area contributed by atoms with Gasteiger partial charge in [0.25, 0.3) is 11.6 Å². The Kier molecular flexibility index (Phi) is 3.88. The molecule has 1 N–H and O–H groups in total. The number of ether oxygens (including phenoxy) is 1. The van der Waals surface area contributed by atoms with E-state index < -0.39 is 10.8 Å². The molecule has 0 saturated heterocycles. The van der Waals surface area contributed by atoms with Gasteiger partial charge in [0.05, 0.1) is 23.8 Å². The lowest BCUT2D eigenvalue weighted by Crippen LogP contribution is -2.14. The number of nitro groups is 1. The van der Waals surface area contributed by atoms with Gasteiger partial charge in [-0.1, -0.05) is 5.16 Å². The standard InChI is InChI=1S/C13H13N3O5/c1-7-8(2)21-15-12(7)13(17)14-10-5-4-9(16(18)19)6-11(10)20-3/h4-6H,1-3H3,(H,14,17). The maximum atomic E-state index is 12.1. The number of nitro benzene ring substituents is 1. The van der Waals surface area contributed by atoms with E-state index in [1.54, 1.807) is 13.8 Å². The number of carbonyl (C=O) groups excluding carboxylic acids is 1. The first-order chi connectivity index (χ1) is 9.93. The first kappa shape index (κ1) is 14.5. The number of carbonyl (C=O) groups is 1. The number of methoxy groups -OCH3 is 1. The minimum atomic E-state index is -0.542. The number of hydrogen-bond acceptors (Lipinski definition) is 6. The van der Waals surface area contributed by atoms with Gasteiger partial charge in [0, 0.05) is 11.6 Å². The van der Waals surface area contributed by atoms with Crippen LogP contribution in [-0.4, -0.2) is 23.1 Å². The highest BCUT2D eigenvalue weighted by Gasteiger charge is 2.19. The maximum Gasteiger partial charge on any atom is 0.278 e. The number of anilines is 1. The summed E-state index contributed by atoms with van der Waals surface area (Å²) in [4.78, 5) is 22.3. The highest BCUT2D eigenvalue weighted by atomic mass is 16.6. The number of non-ortho nitro benzene ring substituents is 1. The van der Waals surface area contributed by atoms with Crippen LogP contribution in [0.15, 0.2) is 22.7 Å². The molecule has 0 fully saturated rings. The highest BCUT2D eigenvalue weighted by Crippen LogP contribution is 2.29. The van der Waals surface area contributed by atoms with Gasteiger partial charge >= 0.3 is 0 Å². The Morgan fingerprint density at radius 1 is 1.43 bits per heavy atom. The number of nitrogens with zero attached hydrogens (tertiary/aromatic N) is 2. The van der Waals surface area contributed by atoms with Gasteiger partial charge in [-0.3, -0.25) is 14.9 Å². The summed E-state index contributed by atoms with van der Waals surface area (Å²) in [5.74, 6) is 0.266. The zero-order chi connectivity index (χ0) is 15.6. The average molecular weight is 291 g/mol. The normalized spacial score (nSPS) is 10.2. The number of amides is 1. The topological polar surface area (TPSA) is 108 Å². The number of aromatic nitrogens is 1. The van der Waals surface area contributed by atoms with Crippen LogP contribution in [0.25, 0.3) is 0 Å². The third kappa shape index (κ3) is 2.83.